The number of benzene rings is 3. The quantitative estimate of drug-likeness (QED) is 0.562. The predicted octanol–water partition coefficient (Wildman–Crippen LogP) is 4.47. The lowest BCUT2D eigenvalue weighted by atomic mass is 10.2. The Kier molecular flexibility index (Phi) is 7.99. The molecule has 8 heteroatoms. The molecule has 3 aromatic rings. The molecule has 7 nitrogen and oxygen atoms in total. The van der Waals surface area contributed by atoms with Gasteiger partial charge in [-0.25, -0.2) is 18.1 Å². The standard InChI is InChI=1S/C18H16N2O5S.C7H8/c21-17(20-12-13-25-18(20)22)11-8-14-6-9-15(10-7-14)19-26(23,24)16-4-2-1-3-5-16;1-7-5-3-2-4-6-7/h1-11,19H,12-13H2;2-6H,1H3/b11-8+;. The van der Waals surface area contributed by atoms with E-state index in [4.69, 9.17) is 4.74 Å². The van der Waals surface area contributed by atoms with Gasteiger partial charge in [-0.3, -0.25) is 9.52 Å². The molecular weight excluding hydrogens is 440 g/mol. The number of nitrogens with one attached hydrogen (secondary N) is 1. The van der Waals surface area contributed by atoms with Gasteiger partial charge in [-0.15, -0.1) is 0 Å². The largest absolute Gasteiger partial charge is 0.447 e. The highest BCUT2D eigenvalue weighted by Gasteiger charge is 2.26. The van der Waals surface area contributed by atoms with Crippen molar-refractivity contribution in [3.05, 3.63) is 102 Å². The number of sulfonamides is 1. The molecule has 1 fully saturated rings. The van der Waals surface area contributed by atoms with Crippen LogP contribution in [0.4, 0.5) is 10.5 Å². The van der Waals surface area contributed by atoms with E-state index in [1.54, 1.807) is 48.5 Å². The van der Waals surface area contributed by atoms with Gasteiger partial charge in [-0.1, -0.05) is 66.2 Å². The van der Waals surface area contributed by atoms with Gasteiger partial charge in [0, 0.05) is 11.8 Å². The number of carbonyl (C=O) groups is 2. The Hall–Kier alpha value is -3.91. The molecule has 0 aliphatic carbocycles. The Labute approximate surface area is 193 Å². The molecule has 0 spiro atoms. The van der Waals surface area contributed by atoms with E-state index in [2.05, 4.69) is 23.8 Å². The van der Waals surface area contributed by atoms with Crippen LogP contribution in [0.5, 0.6) is 0 Å². The number of carbonyl (C=O) groups excluding carboxylic acids is 2. The number of nitrogens with zero attached hydrogens (tertiary/aromatic N) is 1. The second-order valence-corrected chi connectivity index (χ2v) is 8.82. The van der Waals surface area contributed by atoms with Crippen molar-refractivity contribution in [1.29, 1.82) is 0 Å². The first kappa shape index (κ1) is 23.7. The highest BCUT2D eigenvalue weighted by atomic mass is 32.2. The number of anilines is 1. The fourth-order valence-electron chi connectivity index (χ4n) is 2.86. The van der Waals surface area contributed by atoms with Crippen molar-refractivity contribution in [1.82, 2.24) is 4.90 Å². The minimum absolute atomic E-state index is 0.173. The lowest BCUT2D eigenvalue weighted by Crippen LogP contribution is -2.29. The van der Waals surface area contributed by atoms with Crippen molar-refractivity contribution in [3.8, 4) is 0 Å². The minimum Gasteiger partial charge on any atom is -0.447 e. The summed E-state index contributed by atoms with van der Waals surface area (Å²) in [5.41, 5.74) is 2.41. The highest BCUT2D eigenvalue weighted by molar-refractivity contribution is 7.92. The minimum atomic E-state index is -3.65. The summed E-state index contributed by atoms with van der Waals surface area (Å²) in [5.74, 6) is -0.457. The summed E-state index contributed by atoms with van der Waals surface area (Å²) in [6.45, 7) is 2.52. The van der Waals surface area contributed by atoms with E-state index in [0.29, 0.717) is 11.3 Å². The van der Waals surface area contributed by atoms with E-state index in [-0.39, 0.29) is 18.0 Å². The van der Waals surface area contributed by atoms with Crippen molar-refractivity contribution in [2.45, 2.75) is 11.8 Å². The molecule has 0 saturated carbocycles. The third-order valence-corrected chi connectivity index (χ3v) is 6.00. The average molecular weight is 465 g/mol. The highest BCUT2D eigenvalue weighted by Crippen LogP contribution is 2.17. The first-order valence-electron chi connectivity index (χ1n) is 10.2. The summed E-state index contributed by atoms with van der Waals surface area (Å²) in [4.78, 5) is 24.4. The normalized spacial score (nSPS) is 13.2. The molecule has 1 aliphatic rings. The molecule has 1 saturated heterocycles. The first-order valence-corrected chi connectivity index (χ1v) is 11.7. The molecule has 1 aliphatic heterocycles. The van der Waals surface area contributed by atoms with Crippen LogP contribution < -0.4 is 4.72 Å². The lowest BCUT2D eigenvalue weighted by molar-refractivity contribution is -0.122. The number of hydrogen-bond donors (Lipinski definition) is 1. The molecule has 4 rings (SSSR count). The van der Waals surface area contributed by atoms with Crippen molar-refractivity contribution in [3.63, 3.8) is 0 Å². The smallest absolute Gasteiger partial charge is 0.416 e. The molecule has 170 valence electrons. The zero-order chi connectivity index (χ0) is 23.7. The summed E-state index contributed by atoms with van der Waals surface area (Å²) in [6, 6.07) is 24.8. The fraction of sp³-hybridized carbons (Fsp3) is 0.120. The summed E-state index contributed by atoms with van der Waals surface area (Å²) in [5, 5.41) is 0. The van der Waals surface area contributed by atoms with Crippen molar-refractivity contribution in [2.75, 3.05) is 17.9 Å². The predicted molar refractivity (Wildman–Crippen MR) is 127 cm³/mol. The van der Waals surface area contributed by atoms with E-state index in [1.165, 1.54) is 23.8 Å². The third-order valence-electron chi connectivity index (χ3n) is 4.60. The molecule has 0 bridgehead atoms. The molecule has 0 unspecified atom stereocenters. The lowest BCUT2D eigenvalue weighted by Gasteiger charge is -2.08. The van der Waals surface area contributed by atoms with Crippen LogP contribution in [0.2, 0.25) is 0 Å². The number of imide groups is 1. The Bertz CT molecular complexity index is 1210. The van der Waals surface area contributed by atoms with E-state index in [9.17, 15) is 18.0 Å². The van der Waals surface area contributed by atoms with Crippen molar-refractivity contribution >= 4 is 33.8 Å². The molecule has 1 N–H and O–H groups in total. The maximum absolute atomic E-state index is 12.3. The van der Waals surface area contributed by atoms with Crippen LogP contribution in [0.3, 0.4) is 0 Å². The van der Waals surface area contributed by atoms with Crippen molar-refractivity contribution in [2.24, 2.45) is 0 Å². The summed E-state index contributed by atoms with van der Waals surface area (Å²) in [6.07, 6.45) is 2.17. The maximum atomic E-state index is 12.3. The number of hydrogen-bond acceptors (Lipinski definition) is 5. The Morgan fingerprint density at radius 3 is 2.06 bits per heavy atom. The van der Waals surface area contributed by atoms with Crippen LogP contribution in [0.1, 0.15) is 11.1 Å². The molecule has 1 heterocycles. The zero-order valence-electron chi connectivity index (χ0n) is 18.0. The van der Waals surface area contributed by atoms with Crippen LogP contribution in [0.25, 0.3) is 6.08 Å². The number of aryl methyl sites for hydroxylation is 1. The third kappa shape index (κ3) is 7.05. The van der Waals surface area contributed by atoms with Gasteiger partial charge in [0.2, 0.25) is 0 Å². The molecule has 0 atom stereocenters. The summed E-state index contributed by atoms with van der Waals surface area (Å²) < 4.78 is 31.7. The Morgan fingerprint density at radius 1 is 0.939 bits per heavy atom. The van der Waals surface area contributed by atoms with E-state index < -0.39 is 22.0 Å². The van der Waals surface area contributed by atoms with Gasteiger partial charge in [0.15, 0.2) is 0 Å². The van der Waals surface area contributed by atoms with Gasteiger partial charge in [-0.05, 0) is 42.8 Å². The number of amides is 2. The second-order valence-electron chi connectivity index (χ2n) is 7.13. The van der Waals surface area contributed by atoms with Crippen LogP contribution in [-0.4, -0.2) is 38.5 Å². The van der Waals surface area contributed by atoms with E-state index in [0.717, 1.165) is 4.90 Å². The van der Waals surface area contributed by atoms with E-state index >= 15 is 0 Å². The average Bonchev–Trinajstić information content (AvgIpc) is 3.26. The fourth-order valence-corrected chi connectivity index (χ4v) is 3.94. The summed E-state index contributed by atoms with van der Waals surface area (Å²) in [7, 11) is -3.65. The zero-order valence-corrected chi connectivity index (χ0v) is 18.9. The van der Waals surface area contributed by atoms with Gasteiger partial charge in [0.05, 0.1) is 11.4 Å². The van der Waals surface area contributed by atoms with Crippen LogP contribution in [0.15, 0.2) is 95.9 Å². The maximum Gasteiger partial charge on any atom is 0.416 e. The number of ether oxygens (including phenoxy) is 1. The topological polar surface area (TPSA) is 92.8 Å². The van der Waals surface area contributed by atoms with Gasteiger partial charge in [0.1, 0.15) is 6.61 Å². The monoisotopic (exact) mass is 464 g/mol. The molecule has 33 heavy (non-hydrogen) atoms. The van der Waals surface area contributed by atoms with Gasteiger partial charge in [-0.2, -0.15) is 0 Å². The van der Waals surface area contributed by atoms with Crippen LogP contribution in [0, 0.1) is 6.92 Å². The van der Waals surface area contributed by atoms with Crippen LogP contribution >= 0.6 is 0 Å². The second kappa shape index (κ2) is 11.1. The molecule has 3 aromatic carbocycles. The van der Waals surface area contributed by atoms with Crippen LogP contribution in [-0.2, 0) is 19.6 Å². The van der Waals surface area contributed by atoms with Crippen molar-refractivity contribution < 1.29 is 22.7 Å². The molecule has 0 aromatic heterocycles. The number of cyclic esters (lactones) is 1. The molecule has 0 radical (unpaired) electrons. The Morgan fingerprint density at radius 2 is 1.55 bits per heavy atom. The van der Waals surface area contributed by atoms with Gasteiger partial charge in [0.25, 0.3) is 15.9 Å². The Balaban J connectivity index is 0.000000374. The van der Waals surface area contributed by atoms with Gasteiger partial charge >= 0.3 is 6.09 Å². The molecule has 2 amide bonds. The summed E-state index contributed by atoms with van der Waals surface area (Å²) >= 11 is 0. The SMILES string of the molecule is Cc1ccccc1.O=C(/C=C/c1ccc(NS(=O)(=O)c2ccccc2)cc1)N1CCOC1=O. The van der Waals surface area contributed by atoms with E-state index in [1.807, 2.05) is 18.2 Å². The first-order chi connectivity index (χ1) is 15.8. The van der Waals surface area contributed by atoms with Gasteiger partial charge < -0.3 is 4.74 Å². The molecular formula is C25H24N2O5S. The number of rotatable bonds is 5.